The average Bonchev–Trinajstić information content (AvgIpc) is 2.54. The third-order valence-corrected chi connectivity index (χ3v) is 5.87. The van der Waals surface area contributed by atoms with Gasteiger partial charge in [-0.1, -0.05) is 18.2 Å². The third kappa shape index (κ3) is 3.62. The van der Waals surface area contributed by atoms with Gasteiger partial charge in [0.15, 0.2) is 0 Å². The molecule has 3 rings (SSSR count). The van der Waals surface area contributed by atoms with Crippen molar-refractivity contribution < 1.29 is 13.5 Å². The van der Waals surface area contributed by atoms with E-state index in [2.05, 4.69) is 4.72 Å². The maximum Gasteiger partial charge on any atom is 0.261 e. The van der Waals surface area contributed by atoms with E-state index in [4.69, 9.17) is 0 Å². The van der Waals surface area contributed by atoms with Gasteiger partial charge in [-0.3, -0.25) is 4.72 Å². The van der Waals surface area contributed by atoms with E-state index in [0.717, 1.165) is 19.3 Å². The van der Waals surface area contributed by atoms with Crippen molar-refractivity contribution in [2.45, 2.75) is 50.0 Å². The molecule has 24 heavy (non-hydrogen) atoms. The topological polar surface area (TPSA) is 66.4 Å². The summed E-state index contributed by atoms with van der Waals surface area (Å²) in [6, 6.07) is 12.1. The molecule has 0 fully saturated rings. The predicted octanol–water partition coefficient (Wildman–Crippen LogP) is 3.59. The Balaban J connectivity index is 1.83. The Morgan fingerprint density at radius 3 is 2.21 bits per heavy atom. The van der Waals surface area contributed by atoms with Crippen molar-refractivity contribution in [3.8, 4) is 0 Å². The van der Waals surface area contributed by atoms with Gasteiger partial charge in [-0.15, -0.1) is 0 Å². The second-order valence-electron chi connectivity index (χ2n) is 6.88. The summed E-state index contributed by atoms with van der Waals surface area (Å²) in [6.45, 7) is 3.34. The molecule has 0 spiro atoms. The van der Waals surface area contributed by atoms with E-state index in [0.29, 0.717) is 11.3 Å². The van der Waals surface area contributed by atoms with Crippen LogP contribution in [-0.4, -0.2) is 13.5 Å². The highest BCUT2D eigenvalue weighted by molar-refractivity contribution is 7.92. The van der Waals surface area contributed by atoms with E-state index >= 15 is 0 Å². The quantitative estimate of drug-likeness (QED) is 0.890. The van der Waals surface area contributed by atoms with Crippen molar-refractivity contribution in [3.05, 3.63) is 59.2 Å². The lowest BCUT2D eigenvalue weighted by molar-refractivity contribution is 0.0785. The Morgan fingerprint density at radius 1 is 0.958 bits per heavy atom. The highest BCUT2D eigenvalue weighted by atomic mass is 32.2. The molecule has 0 atom stereocenters. The molecule has 0 heterocycles. The average molecular weight is 345 g/mol. The molecule has 0 amide bonds. The number of hydrogen-bond donors (Lipinski definition) is 2. The monoisotopic (exact) mass is 345 g/mol. The molecular formula is C19H23NO3S. The van der Waals surface area contributed by atoms with E-state index in [1.54, 1.807) is 26.0 Å². The summed E-state index contributed by atoms with van der Waals surface area (Å²) in [7, 11) is -3.63. The first-order chi connectivity index (χ1) is 11.3. The van der Waals surface area contributed by atoms with Gasteiger partial charge in [0.1, 0.15) is 0 Å². The van der Waals surface area contributed by atoms with Crippen LogP contribution >= 0.6 is 0 Å². The molecule has 4 nitrogen and oxygen atoms in total. The number of aliphatic hydroxyl groups is 1. The van der Waals surface area contributed by atoms with E-state index in [9.17, 15) is 13.5 Å². The highest BCUT2D eigenvalue weighted by Crippen LogP contribution is 2.26. The van der Waals surface area contributed by atoms with Crippen LogP contribution in [-0.2, 0) is 28.5 Å². The van der Waals surface area contributed by atoms with Gasteiger partial charge in [0.25, 0.3) is 10.0 Å². The molecule has 0 radical (unpaired) electrons. The van der Waals surface area contributed by atoms with Crippen LogP contribution in [0.1, 0.15) is 43.4 Å². The molecule has 128 valence electrons. The molecule has 5 heteroatoms. The van der Waals surface area contributed by atoms with Gasteiger partial charge in [-0.2, -0.15) is 0 Å². The Morgan fingerprint density at radius 2 is 1.58 bits per heavy atom. The van der Waals surface area contributed by atoms with Crippen LogP contribution in [0.15, 0.2) is 47.4 Å². The normalized spacial score (nSPS) is 15.0. The summed E-state index contributed by atoms with van der Waals surface area (Å²) in [5, 5.41) is 9.97. The van der Waals surface area contributed by atoms with Gasteiger partial charge in [0.05, 0.1) is 10.5 Å². The van der Waals surface area contributed by atoms with Crippen molar-refractivity contribution in [2.75, 3.05) is 4.72 Å². The number of aryl methyl sites for hydroxylation is 2. The molecule has 1 aliphatic rings. The van der Waals surface area contributed by atoms with Gasteiger partial charge in [0, 0.05) is 5.69 Å². The fraction of sp³-hybridized carbons (Fsp3) is 0.368. The number of fused-ring (bicyclic) bond motifs is 1. The van der Waals surface area contributed by atoms with Crippen LogP contribution < -0.4 is 4.72 Å². The Labute approximate surface area is 143 Å². The van der Waals surface area contributed by atoms with Gasteiger partial charge in [0.2, 0.25) is 0 Å². The molecule has 0 aromatic heterocycles. The van der Waals surface area contributed by atoms with Crippen molar-refractivity contribution in [3.63, 3.8) is 0 Å². The summed E-state index contributed by atoms with van der Waals surface area (Å²) in [6.07, 6.45) is 4.43. The zero-order valence-corrected chi connectivity index (χ0v) is 14.9. The van der Waals surface area contributed by atoms with Crippen LogP contribution in [0.4, 0.5) is 5.69 Å². The SMILES string of the molecule is CC(C)(O)c1ccc(S(=O)(=O)Nc2ccc3c(c2)CCCC3)cc1. The van der Waals surface area contributed by atoms with Crippen LogP contribution in [0.25, 0.3) is 0 Å². The van der Waals surface area contributed by atoms with Crippen molar-refractivity contribution in [1.29, 1.82) is 0 Å². The Bertz CT molecular complexity index is 834. The standard InChI is InChI=1S/C19H23NO3S/c1-19(2,21)16-8-11-18(12-9-16)24(22,23)20-17-10-7-14-5-3-4-6-15(14)13-17/h7-13,20-21H,3-6H2,1-2H3. The number of benzene rings is 2. The van der Waals surface area contributed by atoms with Crippen molar-refractivity contribution >= 4 is 15.7 Å². The summed E-state index contributed by atoms with van der Waals surface area (Å²) in [4.78, 5) is 0.188. The zero-order chi connectivity index (χ0) is 17.4. The minimum Gasteiger partial charge on any atom is -0.386 e. The first-order valence-electron chi connectivity index (χ1n) is 8.23. The van der Waals surface area contributed by atoms with Crippen molar-refractivity contribution in [1.82, 2.24) is 0 Å². The van der Waals surface area contributed by atoms with Crippen LogP contribution in [0.3, 0.4) is 0 Å². The number of nitrogens with one attached hydrogen (secondary N) is 1. The third-order valence-electron chi connectivity index (χ3n) is 4.47. The molecular weight excluding hydrogens is 322 g/mol. The molecule has 0 unspecified atom stereocenters. The molecule has 0 saturated carbocycles. The second kappa shape index (κ2) is 6.22. The first-order valence-corrected chi connectivity index (χ1v) is 9.71. The summed E-state index contributed by atoms with van der Waals surface area (Å²) >= 11 is 0. The summed E-state index contributed by atoms with van der Waals surface area (Å²) in [5.74, 6) is 0. The molecule has 0 saturated heterocycles. The zero-order valence-electron chi connectivity index (χ0n) is 14.0. The molecule has 0 aliphatic heterocycles. The predicted molar refractivity (Wildman–Crippen MR) is 95.6 cm³/mol. The molecule has 2 N–H and O–H groups in total. The second-order valence-corrected chi connectivity index (χ2v) is 8.56. The number of sulfonamides is 1. The van der Waals surface area contributed by atoms with E-state index in [1.807, 2.05) is 18.2 Å². The van der Waals surface area contributed by atoms with E-state index < -0.39 is 15.6 Å². The van der Waals surface area contributed by atoms with Crippen molar-refractivity contribution in [2.24, 2.45) is 0 Å². The molecule has 0 bridgehead atoms. The summed E-state index contributed by atoms with van der Waals surface area (Å²) in [5.41, 5.74) is 2.84. The highest BCUT2D eigenvalue weighted by Gasteiger charge is 2.19. The fourth-order valence-corrected chi connectivity index (χ4v) is 4.10. The smallest absolute Gasteiger partial charge is 0.261 e. The Kier molecular flexibility index (Phi) is 4.40. The van der Waals surface area contributed by atoms with Crippen LogP contribution in [0.2, 0.25) is 0 Å². The molecule has 2 aromatic carbocycles. The minimum absolute atomic E-state index is 0.188. The summed E-state index contributed by atoms with van der Waals surface area (Å²) < 4.78 is 27.8. The maximum absolute atomic E-state index is 12.6. The minimum atomic E-state index is -3.63. The first kappa shape index (κ1) is 17.0. The lowest BCUT2D eigenvalue weighted by Gasteiger charge is -2.19. The maximum atomic E-state index is 12.6. The van der Waals surface area contributed by atoms with Gasteiger partial charge >= 0.3 is 0 Å². The number of hydrogen-bond acceptors (Lipinski definition) is 3. The largest absolute Gasteiger partial charge is 0.386 e. The van der Waals surface area contributed by atoms with Gasteiger partial charge in [-0.25, -0.2) is 8.42 Å². The molecule has 1 aliphatic carbocycles. The van der Waals surface area contributed by atoms with Crippen LogP contribution in [0.5, 0.6) is 0 Å². The van der Waals surface area contributed by atoms with Crippen LogP contribution in [0, 0.1) is 0 Å². The Hall–Kier alpha value is -1.85. The number of rotatable bonds is 4. The van der Waals surface area contributed by atoms with Gasteiger partial charge < -0.3 is 5.11 Å². The fourth-order valence-electron chi connectivity index (χ4n) is 3.05. The van der Waals surface area contributed by atoms with E-state index in [-0.39, 0.29) is 4.90 Å². The number of anilines is 1. The lowest BCUT2D eigenvalue weighted by Crippen LogP contribution is -2.17. The van der Waals surface area contributed by atoms with E-state index in [1.165, 1.54) is 29.7 Å². The lowest BCUT2D eigenvalue weighted by atomic mass is 9.91. The molecule has 2 aromatic rings. The van der Waals surface area contributed by atoms with Gasteiger partial charge in [-0.05, 0) is 80.5 Å².